The van der Waals surface area contributed by atoms with Crippen LogP contribution in [0.3, 0.4) is 0 Å². The van der Waals surface area contributed by atoms with E-state index in [-0.39, 0.29) is 37.1 Å². The summed E-state index contributed by atoms with van der Waals surface area (Å²) in [5.41, 5.74) is 14.0. The van der Waals surface area contributed by atoms with Gasteiger partial charge in [-0.05, 0) is 31.5 Å². The highest BCUT2D eigenvalue weighted by molar-refractivity contribution is 9.10. The molecule has 6 nitrogen and oxygen atoms in total. The molecule has 1 aromatic heterocycles. The van der Waals surface area contributed by atoms with Gasteiger partial charge in [-0.25, -0.2) is 4.79 Å². The summed E-state index contributed by atoms with van der Waals surface area (Å²) >= 11 is 3.37. The third-order valence-corrected chi connectivity index (χ3v) is 4.54. The Balaban J connectivity index is 2.61. The van der Waals surface area contributed by atoms with E-state index >= 15 is 0 Å². The van der Waals surface area contributed by atoms with Crippen molar-refractivity contribution in [1.29, 1.82) is 0 Å². The molecule has 1 heterocycles. The number of hydrogen-bond acceptors (Lipinski definition) is 5. The predicted octanol–water partition coefficient (Wildman–Crippen LogP) is 2.49. The van der Waals surface area contributed by atoms with Gasteiger partial charge in [0.05, 0.1) is 6.61 Å². The zero-order valence-electron chi connectivity index (χ0n) is 14.3. The smallest absolute Gasteiger partial charge is 0.355 e. The van der Waals surface area contributed by atoms with E-state index in [4.69, 9.17) is 16.2 Å². The fraction of sp³-hybridized carbons (Fsp3) is 0.333. The van der Waals surface area contributed by atoms with Crippen LogP contribution in [0.5, 0.6) is 0 Å². The van der Waals surface area contributed by atoms with Gasteiger partial charge in [0.1, 0.15) is 5.69 Å². The van der Waals surface area contributed by atoms with Gasteiger partial charge in [0.25, 0.3) is 0 Å². The van der Waals surface area contributed by atoms with E-state index in [1.54, 1.807) is 32.0 Å². The number of nitrogens with one attached hydrogen (secondary N) is 1. The number of carbonyl (C=O) groups is 2. The maximum absolute atomic E-state index is 13.1. The second kappa shape index (κ2) is 8.42. The summed E-state index contributed by atoms with van der Waals surface area (Å²) in [6, 6.07) is 7.10. The number of halogens is 1. The fourth-order valence-electron chi connectivity index (χ4n) is 2.73. The summed E-state index contributed by atoms with van der Waals surface area (Å²) in [5, 5.41) is 0. The second-order valence-electron chi connectivity index (χ2n) is 5.64. The van der Waals surface area contributed by atoms with Gasteiger partial charge < -0.3 is 21.2 Å². The Morgan fingerprint density at radius 1 is 1.28 bits per heavy atom. The van der Waals surface area contributed by atoms with Crippen molar-refractivity contribution in [3.05, 3.63) is 56.8 Å². The molecule has 0 saturated heterocycles. The van der Waals surface area contributed by atoms with Crippen LogP contribution in [-0.4, -0.2) is 36.4 Å². The average Bonchev–Trinajstić information content (AvgIpc) is 2.93. The first-order valence-electron chi connectivity index (χ1n) is 8.04. The molecule has 1 aromatic carbocycles. The van der Waals surface area contributed by atoms with Crippen LogP contribution < -0.4 is 11.5 Å². The fourth-order valence-corrected chi connectivity index (χ4v) is 3.13. The molecular weight excluding hydrogens is 386 g/mol. The number of benzene rings is 1. The molecule has 0 unspecified atom stereocenters. The van der Waals surface area contributed by atoms with Gasteiger partial charge >= 0.3 is 5.97 Å². The monoisotopic (exact) mass is 407 g/mol. The van der Waals surface area contributed by atoms with Crippen molar-refractivity contribution in [2.45, 2.75) is 19.8 Å². The van der Waals surface area contributed by atoms with Crippen LogP contribution in [0, 0.1) is 6.92 Å². The van der Waals surface area contributed by atoms with Crippen molar-refractivity contribution < 1.29 is 14.3 Å². The molecule has 25 heavy (non-hydrogen) atoms. The Morgan fingerprint density at radius 3 is 2.52 bits per heavy atom. The Bertz CT molecular complexity index is 782. The Kier molecular flexibility index (Phi) is 6.52. The molecule has 0 radical (unpaired) electrons. The number of H-pyrrole nitrogens is 1. The molecule has 0 amide bonds. The van der Waals surface area contributed by atoms with E-state index in [9.17, 15) is 9.59 Å². The number of aromatic nitrogens is 1. The first-order valence-corrected chi connectivity index (χ1v) is 8.83. The standard InChI is InChI=1S/C18H22BrN3O3/c1-3-25-18(24)15-10(2)14(16(22-15)12(8-20)9-21)17(23)11-5-4-6-13(19)7-11/h4-7,12,22H,3,8-9,20-21H2,1-2H3. The molecule has 0 atom stereocenters. The maximum atomic E-state index is 13.1. The Labute approximate surface area is 155 Å². The van der Waals surface area contributed by atoms with Gasteiger partial charge in [0.15, 0.2) is 5.78 Å². The van der Waals surface area contributed by atoms with Crippen LogP contribution >= 0.6 is 15.9 Å². The lowest BCUT2D eigenvalue weighted by Gasteiger charge is -2.13. The van der Waals surface area contributed by atoms with Crippen molar-refractivity contribution >= 4 is 27.7 Å². The lowest BCUT2D eigenvalue weighted by molar-refractivity contribution is 0.0519. The van der Waals surface area contributed by atoms with Crippen LogP contribution in [-0.2, 0) is 4.74 Å². The highest BCUT2D eigenvalue weighted by Crippen LogP contribution is 2.28. The van der Waals surface area contributed by atoms with E-state index in [2.05, 4.69) is 20.9 Å². The van der Waals surface area contributed by atoms with Gasteiger partial charge in [0, 0.05) is 40.3 Å². The number of rotatable bonds is 7. The van der Waals surface area contributed by atoms with E-state index < -0.39 is 5.97 Å². The zero-order valence-corrected chi connectivity index (χ0v) is 15.9. The summed E-state index contributed by atoms with van der Waals surface area (Å²) in [5.74, 6) is -0.942. The first-order chi connectivity index (χ1) is 11.9. The van der Waals surface area contributed by atoms with E-state index in [1.165, 1.54) is 0 Å². The molecule has 2 aromatic rings. The molecule has 7 heteroatoms. The molecule has 5 N–H and O–H groups in total. The minimum atomic E-state index is -0.498. The quantitative estimate of drug-likeness (QED) is 0.482. The van der Waals surface area contributed by atoms with Crippen LogP contribution in [0.15, 0.2) is 28.7 Å². The highest BCUT2D eigenvalue weighted by Gasteiger charge is 2.28. The minimum absolute atomic E-state index is 0.188. The van der Waals surface area contributed by atoms with Crippen LogP contribution in [0.4, 0.5) is 0 Å². The van der Waals surface area contributed by atoms with Crippen LogP contribution in [0.25, 0.3) is 0 Å². The van der Waals surface area contributed by atoms with Crippen molar-refractivity contribution in [2.24, 2.45) is 11.5 Å². The lowest BCUT2D eigenvalue weighted by atomic mass is 9.94. The molecular formula is C18H22BrN3O3. The summed E-state index contributed by atoms with van der Waals surface area (Å²) in [6.45, 7) is 4.22. The number of ketones is 1. The normalized spacial score (nSPS) is 11.0. The predicted molar refractivity (Wildman–Crippen MR) is 99.9 cm³/mol. The third-order valence-electron chi connectivity index (χ3n) is 4.05. The molecule has 0 aliphatic carbocycles. The van der Waals surface area contributed by atoms with Gasteiger partial charge in [-0.2, -0.15) is 0 Å². The molecule has 0 aliphatic rings. The molecule has 0 spiro atoms. The number of ether oxygens (including phenoxy) is 1. The molecule has 0 saturated carbocycles. The van der Waals surface area contributed by atoms with E-state index in [0.29, 0.717) is 22.4 Å². The number of esters is 1. The third kappa shape index (κ3) is 4.00. The average molecular weight is 408 g/mol. The number of hydrogen-bond donors (Lipinski definition) is 3. The largest absolute Gasteiger partial charge is 0.461 e. The van der Waals surface area contributed by atoms with Crippen LogP contribution in [0.1, 0.15) is 50.5 Å². The summed E-state index contributed by atoms with van der Waals surface area (Å²) in [4.78, 5) is 28.3. The van der Waals surface area contributed by atoms with Gasteiger partial charge in [-0.3, -0.25) is 4.79 Å². The van der Waals surface area contributed by atoms with Crippen LogP contribution in [0.2, 0.25) is 0 Å². The summed E-state index contributed by atoms with van der Waals surface area (Å²) in [7, 11) is 0. The molecule has 134 valence electrons. The van der Waals surface area contributed by atoms with Gasteiger partial charge in [-0.1, -0.05) is 28.1 Å². The minimum Gasteiger partial charge on any atom is -0.461 e. The number of carbonyl (C=O) groups excluding carboxylic acids is 2. The van der Waals surface area contributed by atoms with E-state index in [1.807, 2.05) is 6.07 Å². The van der Waals surface area contributed by atoms with Gasteiger partial charge in [0.2, 0.25) is 0 Å². The van der Waals surface area contributed by atoms with Crippen molar-refractivity contribution in [3.63, 3.8) is 0 Å². The zero-order chi connectivity index (χ0) is 18.6. The second-order valence-corrected chi connectivity index (χ2v) is 6.56. The number of aromatic amines is 1. The van der Waals surface area contributed by atoms with E-state index in [0.717, 1.165) is 4.47 Å². The summed E-state index contributed by atoms with van der Waals surface area (Å²) in [6.07, 6.45) is 0. The molecule has 0 bridgehead atoms. The Morgan fingerprint density at radius 2 is 1.96 bits per heavy atom. The molecule has 0 aliphatic heterocycles. The molecule has 0 fully saturated rings. The SMILES string of the molecule is CCOC(=O)c1[nH]c(C(CN)CN)c(C(=O)c2cccc(Br)c2)c1C. The summed E-state index contributed by atoms with van der Waals surface area (Å²) < 4.78 is 5.88. The van der Waals surface area contributed by atoms with Crippen molar-refractivity contribution in [2.75, 3.05) is 19.7 Å². The van der Waals surface area contributed by atoms with Crippen molar-refractivity contribution in [3.8, 4) is 0 Å². The molecule has 2 rings (SSSR count). The number of nitrogens with two attached hydrogens (primary N) is 2. The lowest BCUT2D eigenvalue weighted by Crippen LogP contribution is -2.23. The highest BCUT2D eigenvalue weighted by atomic mass is 79.9. The van der Waals surface area contributed by atoms with Crippen molar-refractivity contribution in [1.82, 2.24) is 4.98 Å². The topological polar surface area (TPSA) is 111 Å². The van der Waals surface area contributed by atoms with Gasteiger partial charge in [-0.15, -0.1) is 0 Å². The Hall–Kier alpha value is -1.96. The first kappa shape index (κ1) is 19.4. The maximum Gasteiger partial charge on any atom is 0.355 e.